The molecule has 3 aromatic heterocycles. The summed E-state index contributed by atoms with van der Waals surface area (Å²) < 4.78 is 13.9. The van der Waals surface area contributed by atoms with Gasteiger partial charge in [-0.25, -0.2) is 15.0 Å². The Morgan fingerprint density at radius 1 is 1.21 bits per heavy atom. The topological polar surface area (TPSA) is 133 Å². The molecule has 0 bridgehead atoms. The fourth-order valence-corrected chi connectivity index (χ4v) is 4.38. The minimum Gasteiger partial charge on any atom is -0.494 e. The van der Waals surface area contributed by atoms with Crippen molar-refractivity contribution >= 4 is 38.5 Å². The Morgan fingerprint density at radius 3 is 2.71 bits per heavy atom. The van der Waals surface area contributed by atoms with Gasteiger partial charge in [-0.05, 0) is 25.0 Å². The van der Waals surface area contributed by atoms with Gasteiger partial charge in [-0.2, -0.15) is 5.10 Å². The first kappa shape index (κ1) is 23.7. The van der Waals surface area contributed by atoms with Crippen LogP contribution in [-0.2, 0) is 13.7 Å². The number of aliphatic hydroxyl groups excluding tert-OH is 1. The SMILES string of the molecule is COc1cc(OCc2ccnc(Nc3ccn(C)n3)n2)cc2sc(N)nc12.OC1CCCCC1. The maximum atomic E-state index is 8.91. The first-order chi connectivity index (χ1) is 16.5. The number of aromatic nitrogens is 5. The molecule has 1 saturated carbocycles. The van der Waals surface area contributed by atoms with Crippen LogP contribution < -0.4 is 20.5 Å². The summed E-state index contributed by atoms with van der Waals surface area (Å²) in [5.41, 5.74) is 7.25. The second kappa shape index (κ2) is 11.1. The molecule has 5 rings (SSSR count). The molecule has 0 unspecified atom stereocenters. The molecule has 0 spiro atoms. The molecule has 4 N–H and O–H groups in total. The lowest BCUT2D eigenvalue weighted by atomic mass is 9.98. The summed E-state index contributed by atoms with van der Waals surface area (Å²) in [6.45, 7) is 0.280. The second-order valence-corrected chi connectivity index (χ2v) is 9.04. The standard InChI is InChI=1S/C17H17N7O2S.C6H12O/c1-24-6-4-14(23-24)21-17-19-5-3-10(20-17)9-26-11-7-12(25-2)15-13(8-11)27-16(18)22-15;7-6-4-2-1-3-5-6/h3-8H,9H2,1-2H3,(H2,18,22)(H,19,20,21,23);6-7H,1-5H2. The maximum Gasteiger partial charge on any atom is 0.228 e. The van der Waals surface area contributed by atoms with Gasteiger partial charge in [0, 0.05) is 31.6 Å². The highest BCUT2D eigenvalue weighted by molar-refractivity contribution is 7.22. The van der Waals surface area contributed by atoms with Gasteiger partial charge in [0.15, 0.2) is 10.9 Å². The van der Waals surface area contributed by atoms with E-state index >= 15 is 0 Å². The molecule has 0 aliphatic heterocycles. The van der Waals surface area contributed by atoms with Crippen molar-refractivity contribution in [2.45, 2.75) is 44.8 Å². The molecule has 1 aliphatic carbocycles. The minimum absolute atomic E-state index is 0.0359. The number of thiazole rings is 1. The van der Waals surface area contributed by atoms with E-state index in [1.807, 2.05) is 25.4 Å². The zero-order valence-corrected chi connectivity index (χ0v) is 20.1. The average molecular weight is 484 g/mol. The Kier molecular flexibility index (Phi) is 7.76. The summed E-state index contributed by atoms with van der Waals surface area (Å²) in [5.74, 6) is 2.41. The number of benzene rings is 1. The molecule has 0 saturated heterocycles. The lowest BCUT2D eigenvalue weighted by molar-refractivity contribution is 0.130. The number of ether oxygens (including phenoxy) is 2. The third-order valence-corrected chi connectivity index (χ3v) is 6.13. The van der Waals surface area contributed by atoms with Crippen LogP contribution in [0.5, 0.6) is 11.5 Å². The van der Waals surface area contributed by atoms with Crippen molar-refractivity contribution in [2.24, 2.45) is 7.05 Å². The quantitative estimate of drug-likeness (QED) is 0.371. The highest BCUT2D eigenvalue weighted by Crippen LogP contribution is 2.35. The van der Waals surface area contributed by atoms with Gasteiger partial charge in [0.05, 0.1) is 23.6 Å². The van der Waals surface area contributed by atoms with Crippen molar-refractivity contribution in [3.8, 4) is 11.5 Å². The third kappa shape index (κ3) is 6.33. The van der Waals surface area contributed by atoms with Crippen molar-refractivity contribution in [2.75, 3.05) is 18.2 Å². The van der Waals surface area contributed by atoms with E-state index in [2.05, 4.69) is 25.4 Å². The van der Waals surface area contributed by atoms with Crippen molar-refractivity contribution in [1.29, 1.82) is 0 Å². The van der Waals surface area contributed by atoms with Crippen LogP contribution in [0.25, 0.3) is 10.2 Å². The molecule has 1 fully saturated rings. The van der Waals surface area contributed by atoms with Crippen molar-refractivity contribution < 1.29 is 14.6 Å². The molecule has 10 nitrogen and oxygen atoms in total. The van der Waals surface area contributed by atoms with Crippen LogP contribution in [0, 0.1) is 0 Å². The van der Waals surface area contributed by atoms with Gasteiger partial charge in [0.2, 0.25) is 5.95 Å². The number of nitrogens with two attached hydrogens (primary N) is 1. The Balaban J connectivity index is 0.000000336. The van der Waals surface area contributed by atoms with Crippen LogP contribution >= 0.6 is 11.3 Å². The molecule has 34 heavy (non-hydrogen) atoms. The summed E-state index contributed by atoms with van der Waals surface area (Å²) >= 11 is 1.39. The van der Waals surface area contributed by atoms with Crippen molar-refractivity contribution in [3.05, 3.63) is 42.4 Å². The van der Waals surface area contributed by atoms with E-state index in [9.17, 15) is 0 Å². The highest BCUT2D eigenvalue weighted by Gasteiger charge is 2.11. The number of fused-ring (bicyclic) bond motifs is 1. The summed E-state index contributed by atoms with van der Waals surface area (Å²) in [7, 11) is 3.44. The summed E-state index contributed by atoms with van der Waals surface area (Å²) in [5, 5.41) is 16.7. The maximum absolute atomic E-state index is 8.91. The van der Waals surface area contributed by atoms with E-state index in [0.717, 1.165) is 28.8 Å². The number of anilines is 3. The van der Waals surface area contributed by atoms with Crippen molar-refractivity contribution in [3.63, 3.8) is 0 Å². The molecule has 0 radical (unpaired) electrons. The van der Waals surface area contributed by atoms with Crippen LogP contribution in [0.15, 0.2) is 36.7 Å². The molecular formula is C23H29N7O3S. The Bertz CT molecular complexity index is 1220. The molecule has 1 aromatic carbocycles. The molecule has 4 aromatic rings. The molecule has 0 amide bonds. The number of aliphatic hydroxyl groups is 1. The first-order valence-electron chi connectivity index (χ1n) is 11.1. The number of aryl methyl sites for hydroxylation is 1. The molecule has 3 heterocycles. The second-order valence-electron chi connectivity index (χ2n) is 7.98. The highest BCUT2D eigenvalue weighted by atomic mass is 32.1. The predicted octanol–water partition coefficient (Wildman–Crippen LogP) is 4.04. The molecular weight excluding hydrogens is 454 g/mol. The van der Waals surface area contributed by atoms with Gasteiger partial charge in [0.1, 0.15) is 23.6 Å². The summed E-state index contributed by atoms with van der Waals surface area (Å²) in [6.07, 6.45) is 9.43. The number of rotatable bonds is 6. The van der Waals surface area contributed by atoms with Crippen molar-refractivity contribution in [1.82, 2.24) is 24.7 Å². The van der Waals surface area contributed by atoms with Gasteiger partial charge in [-0.1, -0.05) is 30.6 Å². The van der Waals surface area contributed by atoms with Gasteiger partial charge < -0.3 is 25.6 Å². The number of hydrogen-bond donors (Lipinski definition) is 3. The number of hydrogen-bond acceptors (Lipinski definition) is 10. The minimum atomic E-state index is 0.0359. The molecule has 180 valence electrons. The van der Waals surface area contributed by atoms with E-state index in [0.29, 0.717) is 28.4 Å². The zero-order chi connectivity index (χ0) is 23.9. The fourth-order valence-electron chi connectivity index (χ4n) is 3.60. The first-order valence-corrected chi connectivity index (χ1v) is 12.0. The Morgan fingerprint density at radius 2 is 2.03 bits per heavy atom. The van der Waals surface area contributed by atoms with Crippen LogP contribution in [0.2, 0.25) is 0 Å². The summed E-state index contributed by atoms with van der Waals surface area (Å²) in [6, 6.07) is 7.31. The lowest BCUT2D eigenvalue weighted by Gasteiger charge is -2.14. The molecule has 0 atom stereocenters. The van der Waals surface area contributed by atoms with E-state index in [1.54, 1.807) is 30.1 Å². The molecule has 11 heteroatoms. The van der Waals surface area contributed by atoms with Crippen LogP contribution in [0.1, 0.15) is 37.8 Å². The summed E-state index contributed by atoms with van der Waals surface area (Å²) in [4.78, 5) is 12.9. The van der Waals surface area contributed by atoms with Gasteiger partial charge in [-0.3, -0.25) is 4.68 Å². The van der Waals surface area contributed by atoms with E-state index in [1.165, 1.54) is 30.6 Å². The van der Waals surface area contributed by atoms with Crippen LogP contribution in [0.4, 0.5) is 16.9 Å². The molecule has 1 aliphatic rings. The van der Waals surface area contributed by atoms with Gasteiger partial charge in [-0.15, -0.1) is 0 Å². The smallest absolute Gasteiger partial charge is 0.228 e. The largest absolute Gasteiger partial charge is 0.494 e. The van der Waals surface area contributed by atoms with E-state index in [4.69, 9.17) is 20.3 Å². The number of methoxy groups -OCH3 is 1. The normalized spacial score (nSPS) is 13.9. The van der Waals surface area contributed by atoms with Crippen LogP contribution in [0.3, 0.4) is 0 Å². The van der Waals surface area contributed by atoms with E-state index < -0.39 is 0 Å². The van der Waals surface area contributed by atoms with Gasteiger partial charge >= 0.3 is 0 Å². The monoisotopic (exact) mass is 483 g/mol. The number of nitrogen functional groups attached to an aromatic ring is 1. The Labute approximate surface area is 201 Å². The number of nitrogens with one attached hydrogen (secondary N) is 1. The third-order valence-electron chi connectivity index (χ3n) is 5.30. The average Bonchev–Trinajstić information content (AvgIpc) is 3.42. The van der Waals surface area contributed by atoms with E-state index in [-0.39, 0.29) is 12.7 Å². The zero-order valence-electron chi connectivity index (χ0n) is 19.3. The van der Waals surface area contributed by atoms with Gasteiger partial charge in [0.25, 0.3) is 0 Å². The Hall–Kier alpha value is -3.44. The fraction of sp³-hybridized carbons (Fsp3) is 0.391. The predicted molar refractivity (Wildman–Crippen MR) is 133 cm³/mol. The number of nitrogens with zero attached hydrogens (tertiary/aromatic N) is 5. The van der Waals surface area contributed by atoms with Crippen LogP contribution in [-0.4, -0.2) is 43.1 Å². The lowest BCUT2D eigenvalue weighted by Crippen LogP contribution is -2.09.